The van der Waals surface area contributed by atoms with Crippen molar-refractivity contribution in [3.05, 3.63) is 16.1 Å². The van der Waals surface area contributed by atoms with E-state index in [0.29, 0.717) is 6.04 Å². The van der Waals surface area contributed by atoms with E-state index < -0.39 is 0 Å². The Morgan fingerprint density at radius 3 is 2.75 bits per heavy atom. The van der Waals surface area contributed by atoms with Gasteiger partial charge in [-0.2, -0.15) is 0 Å². The highest BCUT2D eigenvalue weighted by molar-refractivity contribution is 7.81. The van der Waals surface area contributed by atoms with Crippen LogP contribution in [0.1, 0.15) is 24.5 Å². The Bertz CT molecular complexity index is 278. The van der Waals surface area contributed by atoms with E-state index in [9.17, 15) is 0 Å². The summed E-state index contributed by atoms with van der Waals surface area (Å²) >= 11 is 6.73. The Morgan fingerprint density at radius 2 is 2.33 bits per heavy atom. The van der Waals surface area contributed by atoms with Crippen molar-refractivity contribution in [3.63, 3.8) is 0 Å². The average Bonchev–Trinajstić information content (AvgIpc) is 2.34. The highest BCUT2D eigenvalue weighted by atomic mass is 32.1. The Balaban J connectivity index is 2.65. The molecule has 0 fully saturated rings. The van der Waals surface area contributed by atoms with Gasteiger partial charge in [0.2, 0.25) is 0 Å². The monoisotopic (exact) mass is 200 g/mol. The fraction of sp³-hybridized carbons (Fsp3) is 0.500. The van der Waals surface area contributed by atoms with E-state index >= 15 is 0 Å². The summed E-state index contributed by atoms with van der Waals surface area (Å²) in [5, 5.41) is 6.07. The second-order valence-corrected chi connectivity index (χ2v) is 4.19. The zero-order valence-electron chi connectivity index (χ0n) is 7.42. The van der Waals surface area contributed by atoms with Crippen molar-refractivity contribution in [3.8, 4) is 0 Å². The van der Waals surface area contributed by atoms with Gasteiger partial charge in [-0.05, 0) is 20.8 Å². The number of hydrogen-bond donors (Lipinski definition) is 1. The fourth-order valence-electron chi connectivity index (χ4n) is 0.782. The SMILES string of the molecule is Cc1csc(C(=S)NC(C)C)n1. The third kappa shape index (κ3) is 2.53. The van der Waals surface area contributed by atoms with Gasteiger partial charge >= 0.3 is 0 Å². The molecule has 0 amide bonds. The van der Waals surface area contributed by atoms with Gasteiger partial charge in [0.1, 0.15) is 4.99 Å². The molecule has 1 N–H and O–H groups in total. The van der Waals surface area contributed by atoms with Gasteiger partial charge in [0.05, 0.1) is 0 Å². The number of aromatic nitrogens is 1. The minimum Gasteiger partial charge on any atom is -0.372 e. The first kappa shape index (κ1) is 9.61. The van der Waals surface area contributed by atoms with Crippen LogP contribution in [0.25, 0.3) is 0 Å². The zero-order chi connectivity index (χ0) is 9.14. The summed E-state index contributed by atoms with van der Waals surface area (Å²) in [6, 6.07) is 0.377. The maximum absolute atomic E-state index is 5.15. The molecule has 0 aliphatic heterocycles. The predicted molar refractivity (Wildman–Crippen MR) is 56.8 cm³/mol. The Kier molecular flexibility index (Phi) is 3.17. The van der Waals surface area contributed by atoms with Crippen LogP contribution in [-0.2, 0) is 0 Å². The van der Waals surface area contributed by atoms with Gasteiger partial charge in [0, 0.05) is 17.1 Å². The van der Waals surface area contributed by atoms with Crippen LogP contribution in [-0.4, -0.2) is 16.0 Å². The van der Waals surface area contributed by atoms with Crippen molar-refractivity contribution >= 4 is 28.5 Å². The molecule has 1 rings (SSSR count). The fourth-order valence-corrected chi connectivity index (χ4v) is 1.91. The van der Waals surface area contributed by atoms with Gasteiger partial charge in [-0.3, -0.25) is 0 Å². The van der Waals surface area contributed by atoms with Gasteiger partial charge in [0.15, 0.2) is 5.01 Å². The van der Waals surface area contributed by atoms with Gasteiger partial charge in [-0.1, -0.05) is 12.2 Å². The summed E-state index contributed by atoms with van der Waals surface area (Å²) in [5.74, 6) is 0. The quantitative estimate of drug-likeness (QED) is 0.740. The molecule has 0 aliphatic carbocycles. The van der Waals surface area contributed by atoms with Gasteiger partial charge in [-0.25, -0.2) is 4.98 Å². The Hall–Kier alpha value is -0.480. The molecule has 0 aromatic carbocycles. The van der Waals surface area contributed by atoms with Crippen molar-refractivity contribution in [2.24, 2.45) is 0 Å². The van der Waals surface area contributed by atoms with Gasteiger partial charge in [-0.15, -0.1) is 11.3 Å². The molecule has 0 atom stereocenters. The van der Waals surface area contributed by atoms with Crippen LogP contribution >= 0.6 is 23.6 Å². The predicted octanol–water partition coefficient (Wildman–Crippen LogP) is 2.13. The zero-order valence-corrected chi connectivity index (χ0v) is 9.05. The lowest BCUT2D eigenvalue weighted by atomic mass is 10.4. The largest absolute Gasteiger partial charge is 0.372 e. The maximum atomic E-state index is 5.15. The van der Waals surface area contributed by atoms with E-state index in [1.807, 2.05) is 12.3 Å². The van der Waals surface area contributed by atoms with Crippen LogP contribution in [0.3, 0.4) is 0 Å². The molecule has 0 spiro atoms. The van der Waals surface area contributed by atoms with E-state index in [2.05, 4.69) is 24.1 Å². The van der Waals surface area contributed by atoms with E-state index in [0.717, 1.165) is 15.7 Å². The number of rotatable bonds is 2. The summed E-state index contributed by atoms with van der Waals surface area (Å²) in [7, 11) is 0. The number of thiocarbonyl (C=S) groups is 1. The molecular formula is C8H12N2S2. The molecule has 1 heterocycles. The lowest BCUT2D eigenvalue weighted by Crippen LogP contribution is -2.29. The lowest BCUT2D eigenvalue weighted by molar-refractivity contribution is 0.740. The molecule has 12 heavy (non-hydrogen) atoms. The topological polar surface area (TPSA) is 24.9 Å². The van der Waals surface area contributed by atoms with Gasteiger partial charge in [0.25, 0.3) is 0 Å². The summed E-state index contributed by atoms with van der Waals surface area (Å²) in [4.78, 5) is 5.03. The molecule has 0 aliphatic rings. The summed E-state index contributed by atoms with van der Waals surface area (Å²) < 4.78 is 0. The van der Waals surface area contributed by atoms with Crippen molar-refractivity contribution < 1.29 is 0 Å². The van der Waals surface area contributed by atoms with Crippen LogP contribution in [0.4, 0.5) is 0 Å². The number of thiazole rings is 1. The van der Waals surface area contributed by atoms with E-state index in [1.54, 1.807) is 11.3 Å². The average molecular weight is 200 g/mol. The van der Waals surface area contributed by atoms with Crippen molar-refractivity contribution in [1.29, 1.82) is 0 Å². The van der Waals surface area contributed by atoms with Crippen LogP contribution in [0.5, 0.6) is 0 Å². The highest BCUT2D eigenvalue weighted by Gasteiger charge is 2.05. The van der Waals surface area contributed by atoms with Crippen LogP contribution in [0.15, 0.2) is 5.38 Å². The standard InChI is InChI=1S/C8H12N2S2/c1-5(2)9-7(11)8-10-6(3)4-12-8/h4-5H,1-3H3,(H,9,11). The Labute approximate surface area is 82.0 Å². The second-order valence-electron chi connectivity index (χ2n) is 2.92. The van der Waals surface area contributed by atoms with Crippen molar-refractivity contribution in [2.45, 2.75) is 26.8 Å². The number of hydrogen-bond acceptors (Lipinski definition) is 3. The van der Waals surface area contributed by atoms with Crippen molar-refractivity contribution in [1.82, 2.24) is 10.3 Å². The smallest absolute Gasteiger partial charge is 0.150 e. The Morgan fingerprint density at radius 1 is 1.67 bits per heavy atom. The minimum absolute atomic E-state index is 0.377. The van der Waals surface area contributed by atoms with Crippen LogP contribution < -0.4 is 5.32 Å². The molecule has 0 radical (unpaired) electrons. The summed E-state index contributed by atoms with van der Waals surface area (Å²) in [6.45, 7) is 6.09. The summed E-state index contributed by atoms with van der Waals surface area (Å²) in [6.07, 6.45) is 0. The molecule has 2 nitrogen and oxygen atoms in total. The minimum atomic E-state index is 0.377. The maximum Gasteiger partial charge on any atom is 0.150 e. The van der Waals surface area contributed by atoms with Crippen molar-refractivity contribution in [2.75, 3.05) is 0 Å². The van der Waals surface area contributed by atoms with E-state index in [4.69, 9.17) is 12.2 Å². The number of nitrogens with one attached hydrogen (secondary N) is 1. The molecule has 66 valence electrons. The van der Waals surface area contributed by atoms with E-state index in [1.165, 1.54) is 0 Å². The van der Waals surface area contributed by atoms with E-state index in [-0.39, 0.29) is 0 Å². The first-order chi connectivity index (χ1) is 5.59. The van der Waals surface area contributed by atoms with Crippen LogP contribution in [0.2, 0.25) is 0 Å². The first-order valence-electron chi connectivity index (χ1n) is 3.82. The first-order valence-corrected chi connectivity index (χ1v) is 5.11. The molecule has 4 heteroatoms. The molecule has 1 aromatic heterocycles. The van der Waals surface area contributed by atoms with Crippen LogP contribution in [0, 0.1) is 6.92 Å². The molecule has 0 unspecified atom stereocenters. The third-order valence-corrected chi connectivity index (χ3v) is 2.65. The molecule has 0 bridgehead atoms. The molecule has 1 aromatic rings. The summed E-state index contributed by atoms with van der Waals surface area (Å²) in [5.41, 5.74) is 1.03. The molecule has 0 saturated carbocycles. The number of aryl methyl sites for hydroxylation is 1. The van der Waals surface area contributed by atoms with Gasteiger partial charge < -0.3 is 5.32 Å². The number of nitrogens with zero attached hydrogens (tertiary/aromatic N) is 1. The normalized spacial score (nSPS) is 10.3. The third-order valence-electron chi connectivity index (χ3n) is 1.23. The highest BCUT2D eigenvalue weighted by Crippen LogP contribution is 2.09. The lowest BCUT2D eigenvalue weighted by Gasteiger charge is -2.07. The second kappa shape index (κ2) is 3.96. The molecule has 0 saturated heterocycles. The molecular weight excluding hydrogens is 188 g/mol.